The Morgan fingerprint density at radius 1 is 0.333 bits per heavy atom. The molecule has 0 N–H and O–H groups in total. The van der Waals surface area contributed by atoms with E-state index in [0.717, 1.165) is 77.0 Å². The molecule has 0 aliphatic rings. The van der Waals surface area contributed by atoms with Crippen LogP contribution < -0.4 is 0 Å². The Morgan fingerprint density at radius 3 is 1.14 bits per heavy atom. The minimum absolute atomic E-state index is 0.111. The van der Waals surface area contributed by atoms with Crippen LogP contribution in [0.2, 0.25) is 0 Å². The molecule has 0 aromatic rings. The molecule has 0 saturated carbocycles. The molecule has 0 aliphatic carbocycles. The van der Waals surface area contributed by atoms with Crippen molar-refractivity contribution in [2.75, 3.05) is 13.2 Å². The van der Waals surface area contributed by atoms with E-state index >= 15 is 0 Å². The van der Waals surface area contributed by atoms with Crippen LogP contribution in [-0.2, 0) is 28.6 Å². The smallest absolute Gasteiger partial charge is 0.306 e. The van der Waals surface area contributed by atoms with Gasteiger partial charge in [-0.15, -0.1) is 0 Å². The number of carbonyl (C=O) groups is 3. The van der Waals surface area contributed by atoms with E-state index in [1.54, 1.807) is 0 Å². The van der Waals surface area contributed by atoms with Crippen molar-refractivity contribution < 1.29 is 28.6 Å². The number of hydrogen-bond acceptors (Lipinski definition) is 6. The first kappa shape index (κ1) is 62.3. The molecule has 6 heteroatoms. The van der Waals surface area contributed by atoms with Gasteiger partial charge >= 0.3 is 17.9 Å². The van der Waals surface area contributed by atoms with Crippen LogP contribution in [0.25, 0.3) is 0 Å². The first-order valence-electron chi connectivity index (χ1n) is 27.3. The van der Waals surface area contributed by atoms with Gasteiger partial charge in [-0.3, -0.25) is 14.4 Å². The third-order valence-corrected chi connectivity index (χ3v) is 11.4. The van der Waals surface area contributed by atoms with Crippen LogP contribution in [0, 0.1) is 0 Å². The zero-order valence-electron chi connectivity index (χ0n) is 42.9. The van der Waals surface area contributed by atoms with Crippen molar-refractivity contribution in [3.05, 3.63) is 97.2 Å². The van der Waals surface area contributed by atoms with Gasteiger partial charge in [0.1, 0.15) is 13.2 Å². The Hall–Kier alpha value is -3.67. The van der Waals surface area contributed by atoms with Crippen LogP contribution in [-0.4, -0.2) is 37.2 Å². The van der Waals surface area contributed by atoms with Gasteiger partial charge in [0.05, 0.1) is 0 Å². The zero-order valence-corrected chi connectivity index (χ0v) is 42.9. The summed E-state index contributed by atoms with van der Waals surface area (Å²) in [5.41, 5.74) is 0. The third kappa shape index (κ3) is 51.3. The van der Waals surface area contributed by atoms with Crippen molar-refractivity contribution in [3.63, 3.8) is 0 Å². The van der Waals surface area contributed by atoms with Crippen LogP contribution in [0.5, 0.6) is 0 Å². The molecule has 1 atom stereocenters. The average molecular weight is 917 g/mol. The predicted octanol–water partition coefficient (Wildman–Crippen LogP) is 18.1. The fourth-order valence-electron chi connectivity index (χ4n) is 7.33. The minimum atomic E-state index is -0.821. The third-order valence-electron chi connectivity index (χ3n) is 11.4. The van der Waals surface area contributed by atoms with E-state index < -0.39 is 6.10 Å². The summed E-state index contributed by atoms with van der Waals surface area (Å²) in [4.78, 5) is 38.0. The Bertz CT molecular complexity index is 1330. The van der Waals surface area contributed by atoms with Crippen molar-refractivity contribution in [3.8, 4) is 0 Å². The average Bonchev–Trinajstić information content (AvgIpc) is 3.31. The number of hydrogen-bond donors (Lipinski definition) is 0. The van der Waals surface area contributed by atoms with Gasteiger partial charge in [0.25, 0.3) is 0 Å². The molecule has 0 aromatic carbocycles. The summed E-state index contributed by atoms with van der Waals surface area (Å²) in [5.74, 6) is -1.01. The lowest BCUT2D eigenvalue weighted by Crippen LogP contribution is -2.30. The van der Waals surface area contributed by atoms with E-state index in [-0.39, 0.29) is 37.5 Å². The lowest BCUT2D eigenvalue weighted by Gasteiger charge is -2.18. The highest BCUT2D eigenvalue weighted by Crippen LogP contribution is 2.15. The fraction of sp³-hybridized carbons (Fsp3) is 0.683. The maximum atomic E-state index is 12.8. The van der Waals surface area contributed by atoms with Crippen LogP contribution >= 0.6 is 0 Å². The van der Waals surface area contributed by atoms with Crippen molar-refractivity contribution in [2.24, 2.45) is 0 Å². The normalized spacial score (nSPS) is 12.8. The Labute approximate surface area is 407 Å². The zero-order chi connectivity index (χ0) is 47.9. The van der Waals surface area contributed by atoms with Gasteiger partial charge in [0.2, 0.25) is 0 Å². The molecule has 0 radical (unpaired) electrons. The first-order chi connectivity index (χ1) is 32.5. The van der Waals surface area contributed by atoms with E-state index in [2.05, 4.69) is 81.5 Å². The molecule has 0 saturated heterocycles. The summed E-state index contributed by atoms with van der Waals surface area (Å²) in [7, 11) is 0. The molecule has 66 heavy (non-hydrogen) atoms. The number of rotatable bonds is 48. The molecule has 0 rings (SSSR count). The molecule has 0 aliphatic heterocycles. The molecule has 0 bridgehead atoms. The maximum absolute atomic E-state index is 12.8. The predicted molar refractivity (Wildman–Crippen MR) is 284 cm³/mol. The molecule has 376 valence electrons. The summed E-state index contributed by atoms with van der Waals surface area (Å²) in [6.07, 6.45) is 71.2. The van der Waals surface area contributed by atoms with Gasteiger partial charge in [0, 0.05) is 19.3 Å². The minimum Gasteiger partial charge on any atom is -0.462 e. The second-order valence-corrected chi connectivity index (χ2v) is 17.9. The van der Waals surface area contributed by atoms with Gasteiger partial charge in [-0.05, 0) is 77.0 Å². The van der Waals surface area contributed by atoms with E-state index in [9.17, 15) is 14.4 Å². The topological polar surface area (TPSA) is 78.9 Å². The number of esters is 3. The van der Waals surface area contributed by atoms with Gasteiger partial charge in [-0.2, -0.15) is 0 Å². The van der Waals surface area contributed by atoms with E-state index in [1.165, 1.54) is 122 Å². The van der Waals surface area contributed by atoms with Gasteiger partial charge in [-0.1, -0.05) is 246 Å². The standard InChI is InChI=1S/C60H100O6/c1-4-7-10-13-16-19-22-25-27-29-31-32-35-38-41-44-47-50-53-59(62)65-56-57(55-64-58(61)52-49-46-43-40-37-34-24-21-18-15-12-9-6-3)66-60(63)54-51-48-45-42-39-36-33-30-28-26-23-20-17-14-11-8-5-2/h9,12,15,17-18,20-21,24,26,28,33-34,36-37,42,45,57H,4-8,10-11,13-14,16,19,22-23,25,27,29-32,35,38-41,43-44,46-56H2,1-3H3/b12-9+,18-15+,20-17+,24-21+,28-26+,36-33+,37-34+,45-42+. The molecule has 1 unspecified atom stereocenters. The van der Waals surface area contributed by atoms with E-state index in [4.69, 9.17) is 14.2 Å². The highest BCUT2D eigenvalue weighted by Gasteiger charge is 2.19. The molecule has 0 heterocycles. The Morgan fingerprint density at radius 2 is 0.667 bits per heavy atom. The quantitative estimate of drug-likeness (QED) is 0.0199. The van der Waals surface area contributed by atoms with Crippen molar-refractivity contribution in [1.29, 1.82) is 0 Å². The second-order valence-electron chi connectivity index (χ2n) is 17.9. The van der Waals surface area contributed by atoms with Gasteiger partial charge < -0.3 is 14.2 Å². The van der Waals surface area contributed by atoms with Crippen LogP contribution in [0.15, 0.2) is 97.2 Å². The van der Waals surface area contributed by atoms with E-state index in [1.807, 2.05) is 36.5 Å². The molecule has 0 aromatic heterocycles. The molecular formula is C60H100O6. The molecular weight excluding hydrogens is 817 g/mol. The van der Waals surface area contributed by atoms with Crippen molar-refractivity contribution >= 4 is 17.9 Å². The van der Waals surface area contributed by atoms with Gasteiger partial charge in [0.15, 0.2) is 6.10 Å². The summed E-state index contributed by atoms with van der Waals surface area (Å²) >= 11 is 0. The molecule has 0 amide bonds. The molecule has 0 fully saturated rings. The number of carbonyl (C=O) groups excluding carboxylic acids is 3. The SMILES string of the molecule is CC/C=C/C=C/C=C/C=C/CCCCCC(=O)OCC(COC(=O)CCCCCCCCCCCCCCCCCCCC)OC(=O)CCC/C=C/C/C=C/C/C=C/C/C=C/CCCCC. The number of allylic oxidation sites excluding steroid dienone is 16. The number of unbranched alkanes of at least 4 members (excludes halogenated alkanes) is 24. The van der Waals surface area contributed by atoms with Crippen molar-refractivity contribution in [2.45, 2.75) is 252 Å². The Kier molecular flexibility index (Phi) is 50.9. The van der Waals surface area contributed by atoms with Crippen LogP contribution in [0.3, 0.4) is 0 Å². The highest BCUT2D eigenvalue weighted by molar-refractivity contribution is 5.71. The van der Waals surface area contributed by atoms with Crippen LogP contribution in [0.1, 0.15) is 245 Å². The Balaban J connectivity index is 4.49. The molecule has 0 spiro atoms. The summed E-state index contributed by atoms with van der Waals surface area (Å²) in [5, 5.41) is 0. The number of ether oxygens (including phenoxy) is 3. The summed E-state index contributed by atoms with van der Waals surface area (Å²) in [6, 6.07) is 0. The fourth-order valence-corrected chi connectivity index (χ4v) is 7.33. The van der Waals surface area contributed by atoms with Crippen molar-refractivity contribution in [1.82, 2.24) is 0 Å². The van der Waals surface area contributed by atoms with E-state index in [0.29, 0.717) is 19.3 Å². The largest absolute Gasteiger partial charge is 0.462 e. The summed E-state index contributed by atoms with van der Waals surface area (Å²) < 4.78 is 16.7. The monoisotopic (exact) mass is 917 g/mol. The maximum Gasteiger partial charge on any atom is 0.306 e. The van der Waals surface area contributed by atoms with Gasteiger partial charge in [-0.25, -0.2) is 0 Å². The lowest BCUT2D eigenvalue weighted by atomic mass is 10.0. The molecule has 6 nitrogen and oxygen atoms in total. The summed E-state index contributed by atoms with van der Waals surface area (Å²) in [6.45, 7) is 6.40. The van der Waals surface area contributed by atoms with Crippen LogP contribution in [0.4, 0.5) is 0 Å². The lowest BCUT2D eigenvalue weighted by molar-refractivity contribution is -0.167. The highest BCUT2D eigenvalue weighted by atomic mass is 16.6. The second kappa shape index (κ2) is 53.9. The first-order valence-corrected chi connectivity index (χ1v) is 27.3.